The van der Waals surface area contributed by atoms with Crippen molar-refractivity contribution in [2.75, 3.05) is 32.0 Å². The second-order valence-corrected chi connectivity index (χ2v) is 10.2. The number of β-amino-alcohol motifs (C(OH)–C–C–N with tert-alkyl or cyclic N) is 1. The van der Waals surface area contributed by atoms with E-state index in [0.717, 1.165) is 43.7 Å². The first-order valence-electron chi connectivity index (χ1n) is 11.8. The number of fused-ring (bicyclic) bond motifs is 2. The molecule has 0 amide bonds. The lowest BCUT2D eigenvalue weighted by molar-refractivity contribution is -0.111. The maximum atomic E-state index is 12.6. The van der Waals surface area contributed by atoms with Gasteiger partial charge in [-0.3, -0.25) is 9.59 Å². The van der Waals surface area contributed by atoms with E-state index in [-0.39, 0.29) is 12.2 Å². The van der Waals surface area contributed by atoms with Crippen LogP contribution in [-0.2, 0) is 16.0 Å². The van der Waals surface area contributed by atoms with Gasteiger partial charge in [0.05, 0.1) is 0 Å². The summed E-state index contributed by atoms with van der Waals surface area (Å²) in [7, 11) is 0. The van der Waals surface area contributed by atoms with Crippen LogP contribution in [0.15, 0.2) is 53.4 Å². The number of allylic oxidation sites excluding steroid dienone is 1. The van der Waals surface area contributed by atoms with E-state index in [4.69, 9.17) is 9.47 Å². The molecule has 2 aromatic carbocycles. The minimum Gasteiger partial charge on any atom is -0.491 e. The molecular formula is C27H29NO5S. The highest BCUT2D eigenvalue weighted by molar-refractivity contribution is 8.04. The number of benzene rings is 2. The lowest BCUT2D eigenvalue weighted by Crippen LogP contribution is -2.51. The Labute approximate surface area is 203 Å². The zero-order chi connectivity index (χ0) is 23.7. The van der Waals surface area contributed by atoms with E-state index in [9.17, 15) is 14.7 Å². The quantitative estimate of drug-likeness (QED) is 0.633. The normalized spacial score (nSPS) is 20.5. The molecule has 0 bridgehead atoms. The van der Waals surface area contributed by atoms with Gasteiger partial charge in [-0.25, -0.2) is 0 Å². The number of nitrogens with zero attached hydrogens (tertiary/aromatic N) is 1. The summed E-state index contributed by atoms with van der Waals surface area (Å²) >= 11 is 1.45. The SMILES string of the molecule is CCc1ccc(OC[C@H](O)CN2CCC3(CC2)CSC2=C(O3)c3ccccc3C(=O)C2=O)cc1. The standard InChI is InChI=1S/C27H29NO5S/c1-2-18-7-9-20(10-8-18)32-16-19(29)15-28-13-11-27(12-14-28)17-34-26-24(31)23(30)21-5-3-4-6-22(21)25(26)33-27/h3-10,19,29H,2,11-17H2,1H3/t19-/m1/s1. The second kappa shape index (κ2) is 9.56. The second-order valence-electron chi connectivity index (χ2n) is 9.20. The molecule has 7 heteroatoms. The Morgan fingerprint density at radius 1 is 1.06 bits per heavy atom. The van der Waals surface area contributed by atoms with Crippen molar-refractivity contribution < 1.29 is 24.2 Å². The smallest absolute Gasteiger partial charge is 0.243 e. The topological polar surface area (TPSA) is 76.1 Å². The van der Waals surface area contributed by atoms with E-state index in [0.29, 0.717) is 28.5 Å². The van der Waals surface area contributed by atoms with Crippen LogP contribution in [0.4, 0.5) is 0 Å². The number of carbonyl (C=O) groups excluding carboxylic acids is 2. The molecule has 178 valence electrons. The minimum atomic E-state index is -0.579. The van der Waals surface area contributed by atoms with Gasteiger partial charge < -0.3 is 19.5 Å². The van der Waals surface area contributed by atoms with Crippen LogP contribution in [0.25, 0.3) is 5.76 Å². The fraction of sp³-hybridized carbons (Fsp3) is 0.407. The van der Waals surface area contributed by atoms with E-state index >= 15 is 0 Å². The number of likely N-dealkylation sites (tertiary alicyclic amines) is 1. The highest BCUT2D eigenvalue weighted by atomic mass is 32.2. The van der Waals surface area contributed by atoms with Gasteiger partial charge in [0, 0.05) is 49.4 Å². The van der Waals surface area contributed by atoms with Crippen molar-refractivity contribution in [1.29, 1.82) is 0 Å². The number of ketones is 2. The van der Waals surface area contributed by atoms with E-state index in [1.807, 2.05) is 36.4 Å². The van der Waals surface area contributed by atoms with Crippen LogP contribution in [0.3, 0.4) is 0 Å². The number of aliphatic hydroxyl groups excluding tert-OH is 1. The van der Waals surface area contributed by atoms with Gasteiger partial charge in [-0.2, -0.15) is 0 Å². The molecule has 2 aromatic rings. The summed E-state index contributed by atoms with van der Waals surface area (Å²) in [5.41, 5.74) is 2.04. The van der Waals surface area contributed by atoms with Crippen LogP contribution in [0.1, 0.15) is 41.3 Å². The van der Waals surface area contributed by atoms with Gasteiger partial charge in [0.25, 0.3) is 0 Å². The third-order valence-electron chi connectivity index (χ3n) is 6.84. The van der Waals surface area contributed by atoms with Crippen LogP contribution < -0.4 is 4.74 Å². The van der Waals surface area contributed by atoms with Gasteiger partial charge in [0.1, 0.15) is 34.7 Å². The molecule has 1 atom stereocenters. The van der Waals surface area contributed by atoms with Crippen molar-refractivity contribution >= 4 is 29.1 Å². The molecular weight excluding hydrogens is 450 g/mol. The highest BCUT2D eigenvalue weighted by Crippen LogP contribution is 2.47. The van der Waals surface area contributed by atoms with Crippen molar-refractivity contribution in [1.82, 2.24) is 4.90 Å². The van der Waals surface area contributed by atoms with Crippen molar-refractivity contribution in [3.8, 4) is 5.75 Å². The van der Waals surface area contributed by atoms with Crippen LogP contribution in [0, 0.1) is 0 Å². The summed E-state index contributed by atoms with van der Waals surface area (Å²) in [6, 6.07) is 15.2. The summed E-state index contributed by atoms with van der Waals surface area (Å²) in [6.07, 6.45) is 2.01. The van der Waals surface area contributed by atoms with E-state index in [2.05, 4.69) is 11.8 Å². The third-order valence-corrected chi connectivity index (χ3v) is 8.17. The Hall–Kier alpha value is -2.61. The monoisotopic (exact) mass is 479 g/mol. The molecule has 6 nitrogen and oxygen atoms in total. The third kappa shape index (κ3) is 4.52. The summed E-state index contributed by atoms with van der Waals surface area (Å²) in [5, 5.41) is 10.5. The molecule has 1 saturated heterocycles. The first-order chi connectivity index (χ1) is 16.5. The number of aryl methyl sites for hydroxylation is 1. The summed E-state index contributed by atoms with van der Waals surface area (Å²) in [4.78, 5) is 27.7. The van der Waals surface area contributed by atoms with Crippen molar-refractivity contribution in [3.63, 3.8) is 0 Å². The van der Waals surface area contributed by atoms with Crippen LogP contribution >= 0.6 is 11.8 Å². The van der Waals surface area contributed by atoms with Crippen LogP contribution in [0.5, 0.6) is 5.75 Å². The van der Waals surface area contributed by atoms with Crippen molar-refractivity contribution in [2.45, 2.75) is 37.9 Å². The Morgan fingerprint density at radius 2 is 1.76 bits per heavy atom. The first kappa shape index (κ1) is 23.1. The number of hydrogen-bond donors (Lipinski definition) is 1. The van der Waals surface area contributed by atoms with E-state index in [1.54, 1.807) is 12.1 Å². The average molecular weight is 480 g/mol. The number of hydrogen-bond acceptors (Lipinski definition) is 7. The lowest BCUT2D eigenvalue weighted by atomic mass is 9.90. The lowest BCUT2D eigenvalue weighted by Gasteiger charge is -2.45. The molecule has 0 aromatic heterocycles. The molecule has 5 rings (SSSR count). The molecule has 34 heavy (non-hydrogen) atoms. The fourth-order valence-corrected chi connectivity index (χ4v) is 6.03. The van der Waals surface area contributed by atoms with Crippen LogP contribution in [0.2, 0.25) is 0 Å². The predicted octanol–water partition coefficient (Wildman–Crippen LogP) is 3.72. The van der Waals surface area contributed by atoms with Crippen molar-refractivity contribution in [2.24, 2.45) is 0 Å². The van der Waals surface area contributed by atoms with Gasteiger partial charge in [-0.15, -0.1) is 11.8 Å². The summed E-state index contributed by atoms with van der Waals surface area (Å²) in [5.74, 6) is 1.08. The number of thioether (sulfide) groups is 1. The summed E-state index contributed by atoms with van der Waals surface area (Å²) in [6.45, 7) is 4.49. The minimum absolute atomic E-state index is 0.253. The number of carbonyl (C=O) groups is 2. The molecule has 1 spiro atoms. The Morgan fingerprint density at radius 3 is 2.47 bits per heavy atom. The molecule has 1 fully saturated rings. The fourth-order valence-electron chi connectivity index (χ4n) is 4.77. The highest BCUT2D eigenvalue weighted by Gasteiger charge is 2.46. The molecule has 2 heterocycles. The van der Waals surface area contributed by atoms with Gasteiger partial charge >= 0.3 is 0 Å². The number of ether oxygens (including phenoxy) is 2. The van der Waals surface area contributed by atoms with Gasteiger partial charge in [0.15, 0.2) is 0 Å². The number of rotatable bonds is 6. The van der Waals surface area contributed by atoms with Crippen LogP contribution in [-0.4, -0.2) is 65.3 Å². The Bertz CT molecular complexity index is 1120. The summed E-state index contributed by atoms with van der Waals surface area (Å²) < 4.78 is 12.3. The van der Waals surface area contributed by atoms with Gasteiger partial charge in [-0.1, -0.05) is 43.3 Å². The van der Waals surface area contributed by atoms with Gasteiger partial charge in [-0.05, 0) is 24.1 Å². The van der Waals surface area contributed by atoms with Crippen molar-refractivity contribution in [3.05, 3.63) is 70.1 Å². The maximum absolute atomic E-state index is 12.6. The molecule has 2 aliphatic heterocycles. The Kier molecular flexibility index (Phi) is 6.51. The zero-order valence-electron chi connectivity index (χ0n) is 19.3. The average Bonchev–Trinajstić information content (AvgIpc) is 2.88. The predicted molar refractivity (Wildman–Crippen MR) is 132 cm³/mol. The largest absolute Gasteiger partial charge is 0.491 e. The molecule has 1 aliphatic carbocycles. The Balaban J connectivity index is 1.17. The molecule has 0 saturated carbocycles. The van der Waals surface area contributed by atoms with E-state index < -0.39 is 17.7 Å². The molecule has 1 N–H and O–H groups in total. The molecule has 3 aliphatic rings. The van der Waals surface area contributed by atoms with E-state index in [1.165, 1.54) is 17.3 Å². The first-order valence-corrected chi connectivity index (χ1v) is 12.8. The zero-order valence-corrected chi connectivity index (χ0v) is 20.1. The molecule has 0 radical (unpaired) electrons. The number of Topliss-reactive ketones (excluding diaryl/α,β-unsaturated/α-hetero) is 2. The molecule has 0 unspecified atom stereocenters. The number of piperidine rings is 1. The number of aliphatic hydroxyl groups is 1. The maximum Gasteiger partial charge on any atom is 0.243 e. The van der Waals surface area contributed by atoms with Gasteiger partial charge in [0.2, 0.25) is 11.6 Å².